The van der Waals surface area contributed by atoms with Crippen LogP contribution in [-0.4, -0.2) is 23.8 Å². The second-order valence-corrected chi connectivity index (χ2v) is 5.97. The predicted octanol–water partition coefficient (Wildman–Crippen LogP) is 4.15. The number of aromatic nitrogens is 2. The number of hydrogen-bond donors (Lipinski definition) is 0. The van der Waals surface area contributed by atoms with Gasteiger partial charge in [0, 0.05) is 24.4 Å². The average Bonchev–Trinajstić information content (AvgIpc) is 3.24. The fourth-order valence-electron chi connectivity index (χ4n) is 2.49. The molecule has 23 heavy (non-hydrogen) atoms. The van der Waals surface area contributed by atoms with E-state index in [2.05, 4.69) is 4.98 Å². The Balaban J connectivity index is 1.95. The van der Waals surface area contributed by atoms with E-state index in [9.17, 15) is 4.39 Å². The molecular weight excluding hydrogens is 315 g/mol. The molecule has 3 aromatic rings. The SMILES string of the molecule is COc1ccc(F)cc1-c1nccn1C[C@H](OC)c1cccs1. The van der Waals surface area contributed by atoms with Gasteiger partial charge < -0.3 is 14.0 Å². The Labute approximate surface area is 138 Å². The Kier molecular flexibility index (Phi) is 4.73. The number of hydrogen-bond acceptors (Lipinski definition) is 4. The number of thiophene rings is 1. The van der Waals surface area contributed by atoms with Crippen molar-refractivity contribution in [2.45, 2.75) is 12.6 Å². The van der Waals surface area contributed by atoms with E-state index in [1.165, 1.54) is 12.1 Å². The van der Waals surface area contributed by atoms with Crippen molar-refractivity contribution in [2.75, 3.05) is 14.2 Å². The zero-order valence-electron chi connectivity index (χ0n) is 12.9. The number of methoxy groups -OCH3 is 2. The summed E-state index contributed by atoms with van der Waals surface area (Å²) in [6.45, 7) is 0.589. The summed E-state index contributed by atoms with van der Waals surface area (Å²) in [5.41, 5.74) is 0.624. The van der Waals surface area contributed by atoms with Crippen LogP contribution >= 0.6 is 11.3 Å². The zero-order chi connectivity index (χ0) is 16.2. The van der Waals surface area contributed by atoms with Crippen LogP contribution in [0.5, 0.6) is 5.75 Å². The summed E-state index contributed by atoms with van der Waals surface area (Å²) in [5, 5.41) is 2.02. The third kappa shape index (κ3) is 3.28. The van der Waals surface area contributed by atoms with E-state index in [4.69, 9.17) is 9.47 Å². The maximum atomic E-state index is 13.6. The molecule has 120 valence electrons. The van der Waals surface area contributed by atoms with Gasteiger partial charge in [0.1, 0.15) is 23.5 Å². The van der Waals surface area contributed by atoms with Gasteiger partial charge in [-0.25, -0.2) is 9.37 Å². The molecule has 1 atom stereocenters. The van der Waals surface area contributed by atoms with Crippen LogP contribution in [0.2, 0.25) is 0 Å². The lowest BCUT2D eigenvalue weighted by Crippen LogP contribution is -2.11. The van der Waals surface area contributed by atoms with Crippen LogP contribution in [0.25, 0.3) is 11.4 Å². The molecule has 0 aliphatic heterocycles. The molecule has 0 saturated heterocycles. The number of imidazole rings is 1. The van der Waals surface area contributed by atoms with Crippen molar-refractivity contribution < 1.29 is 13.9 Å². The Morgan fingerprint density at radius 1 is 1.30 bits per heavy atom. The van der Waals surface area contributed by atoms with Gasteiger partial charge in [0.15, 0.2) is 0 Å². The van der Waals surface area contributed by atoms with Crippen LogP contribution < -0.4 is 4.74 Å². The summed E-state index contributed by atoms with van der Waals surface area (Å²) in [6, 6.07) is 8.45. The Morgan fingerprint density at radius 2 is 2.17 bits per heavy atom. The van der Waals surface area contributed by atoms with Gasteiger partial charge in [-0.05, 0) is 29.6 Å². The monoisotopic (exact) mass is 332 g/mol. The van der Waals surface area contributed by atoms with Gasteiger partial charge in [0.2, 0.25) is 0 Å². The predicted molar refractivity (Wildman–Crippen MR) is 88.2 cm³/mol. The van der Waals surface area contributed by atoms with Gasteiger partial charge in [-0.15, -0.1) is 11.3 Å². The van der Waals surface area contributed by atoms with Crippen molar-refractivity contribution in [2.24, 2.45) is 0 Å². The molecule has 1 aromatic carbocycles. The molecule has 0 N–H and O–H groups in total. The van der Waals surface area contributed by atoms with E-state index < -0.39 is 0 Å². The van der Waals surface area contributed by atoms with Gasteiger partial charge in [-0.2, -0.15) is 0 Å². The summed E-state index contributed by atoms with van der Waals surface area (Å²) in [7, 11) is 3.25. The first-order valence-electron chi connectivity index (χ1n) is 7.14. The molecule has 4 nitrogen and oxygen atoms in total. The van der Waals surface area contributed by atoms with Crippen molar-refractivity contribution in [1.29, 1.82) is 0 Å². The first-order valence-corrected chi connectivity index (χ1v) is 8.02. The summed E-state index contributed by atoms with van der Waals surface area (Å²) >= 11 is 1.65. The topological polar surface area (TPSA) is 36.3 Å². The van der Waals surface area contributed by atoms with E-state index in [1.54, 1.807) is 37.8 Å². The highest BCUT2D eigenvalue weighted by atomic mass is 32.1. The molecule has 0 aliphatic carbocycles. The van der Waals surface area contributed by atoms with E-state index in [0.29, 0.717) is 23.7 Å². The lowest BCUT2D eigenvalue weighted by atomic mass is 10.1. The normalized spacial score (nSPS) is 12.3. The summed E-state index contributed by atoms with van der Waals surface area (Å²) in [5.74, 6) is 0.917. The largest absolute Gasteiger partial charge is 0.496 e. The van der Waals surface area contributed by atoms with Crippen LogP contribution in [0.1, 0.15) is 11.0 Å². The fourth-order valence-corrected chi connectivity index (χ4v) is 3.28. The minimum atomic E-state index is -0.322. The minimum Gasteiger partial charge on any atom is -0.496 e. The van der Waals surface area contributed by atoms with Crippen LogP contribution in [-0.2, 0) is 11.3 Å². The second-order valence-electron chi connectivity index (χ2n) is 4.99. The van der Waals surface area contributed by atoms with Crippen LogP contribution in [0.4, 0.5) is 4.39 Å². The Bertz CT molecular complexity index is 771. The smallest absolute Gasteiger partial charge is 0.143 e. The molecule has 3 rings (SSSR count). The average molecular weight is 332 g/mol. The molecule has 0 spiro atoms. The molecule has 0 bridgehead atoms. The Hall–Kier alpha value is -2.18. The molecule has 0 fully saturated rings. The first-order chi connectivity index (χ1) is 11.2. The molecule has 0 amide bonds. The van der Waals surface area contributed by atoms with E-state index in [1.807, 2.05) is 28.3 Å². The standard InChI is InChI=1S/C17H17FN2O2S/c1-21-14-6-5-12(18)10-13(14)17-19-7-8-20(17)11-15(22-2)16-4-3-9-23-16/h3-10,15H,11H2,1-2H3/t15-/m0/s1. The highest BCUT2D eigenvalue weighted by molar-refractivity contribution is 7.10. The van der Waals surface area contributed by atoms with Crippen molar-refractivity contribution in [3.05, 3.63) is 58.8 Å². The zero-order valence-corrected chi connectivity index (χ0v) is 13.7. The molecule has 6 heteroatoms. The molecule has 2 heterocycles. The van der Waals surface area contributed by atoms with Crippen molar-refractivity contribution in [1.82, 2.24) is 9.55 Å². The highest BCUT2D eigenvalue weighted by Gasteiger charge is 2.17. The number of nitrogens with zero attached hydrogens (tertiary/aromatic N) is 2. The van der Waals surface area contributed by atoms with Gasteiger partial charge in [-0.1, -0.05) is 6.07 Å². The molecule has 0 radical (unpaired) electrons. The first kappa shape index (κ1) is 15.7. The van der Waals surface area contributed by atoms with Gasteiger partial charge in [-0.3, -0.25) is 0 Å². The van der Waals surface area contributed by atoms with Crippen LogP contribution in [0.3, 0.4) is 0 Å². The summed E-state index contributed by atoms with van der Waals surface area (Å²) < 4.78 is 26.5. The van der Waals surface area contributed by atoms with Gasteiger partial charge >= 0.3 is 0 Å². The van der Waals surface area contributed by atoms with Gasteiger partial charge in [0.05, 0.1) is 19.2 Å². The number of ether oxygens (including phenoxy) is 2. The summed E-state index contributed by atoms with van der Waals surface area (Å²) in [6.07, 6.45) is 3.47. The quantitative estimate of drug-likeness (QED) is 0.680. The van der Waals surface area contributed by atoms with Crippen molar-refractivity contribution >= 4 is 11.3 Å². The van der Waals surface area contributed by atoms with Gasteiger partial charge in [0.25, 0.3) is 0 Å². The molecule has 0 unspecified atom stereocenters. The van der Waals surface area contributed by atoms with Crippen LogP contribution in [0.15, 0.2) is 48.1 Å². The molecule has 0 aliphatic rings. The number of benzene rings is 1. The minimum absolute atomic E-state index is 0.0810. The lowest BCUT2D eigenvalue weighted by molar-refractivity contribution is 0.0911. The fraction of sp³-hybridized carbons (Fsp3) is 0.235. The number of halogens is 1. The summed E-state index contributed by atoms with van der Waals surface area (Å²) in [4.78, 5) is 5.51. The third-order valence-electron chi connectivity index (χ3n) is 3.63. The van der Waals surface area contributed by atoms with Crippen LogP contribution in [0, 0.1) is 5.82 Å². The maximum Gasteiger partial charge on any atom is 0.143 e. The molecule has 2 aromatic heterocycles. The van der Waals surface area contributed by atoms with E-state index in [0.717, 1.165) is 4.88 Å². The molecular formula is C17H17FN2O2S. The highest BCUT2D eigenvalue weighted by Crippen LogP contribution is 2.31. The van der Waals surface area contributed by atoms with Crippen molar-refractivity contribution in [3.63, 3.8) is 0 Å². The maximum absolute atomic E-state index is 13.6. The second kappa shape index (κ2) is 6.93. The van der Waals surface area contributed by atoms with E-state index in [-0.39, 0.29) is 11.9 Å². The van der Waals surface area contributed by atoms with Crippen molar-refractivity contribution in [3.8, 4) is 17.1 Å². The lowest BCUT2D eigenvalue weighted by Gasteiger charge is -2.17. The molecule has 0 saturated carbocycles. The number of rotatable bonds is 6. The van der Waals surface area contributed by atoms with E-state index >= 15 is 0 Å². The Morgan fingerprint density at radius 3 is 2.87 bits per heavy atom. The third-order valence-corrected chi connectivity index (χ3v) is 4.59.